The fourth-order valence-electron chi connectivity index (χ4n) is 4.14. The minimum atomic E-state index is -1.39. The van der Waals surface area contributed by atoms with E-state index in [2.05, 4.69) is 0 Å². The maximum absolute atomic E-state index is 10.1. The highest BCUT2D eigenvalue weighted by Gasteiger charge is 2.43. The molecule has 0 aromatic heterocycles. The first-order chi connectivity index (χ1) is 16.3. The number of hydrogen-bond donors (Lipinski definition) is 8. The summed E-state index contributed by atoms with van der Waals surface area (Å²) in [6.45, 7) is -0.924. The average Bonchev–Trinajstić information content (AvgIpc) is 2.85. The van der Waals surface area contributed by atoms with Crippen molar-refractivity contribution in [2.45, 2.75) is 73.9 Å². The predicted octanol–water partition coefficient (Wildman–Crippen LogP) is -1.82. The molecule has 2 aliphatic heterocycles. The second-order valence-corrected chi connectivity index (χ2v) is 8.68. The highest BCUT2D eigenvalue weighted by molar-refractivity contribution is 5.55. The second kappa shape index (κ2) is 12.3. The number of aliphatic hydroxyl groups is 8. The van der Waals surface area contributed by atoms with Crippen LogP contribution in [0.15, 0.2) is 36.4 Å². The van der Waals surface area contributed by atoms with Gasteiger partial charge in [0.25, 0.3) is 0 Å². The Hall–Kier alpha value is -1.70. The van der Waals surface area contributed by atoms with Gasteiger partial charge in [0.15, 0.2) is 0 Å². The molecule has 0 radical (unpaired) electrons. The van der Waals surface area contributed by atoms with Gasteiger partial charge >= 0.3 is 0 Å². The van der Waals surface area contributed by atoms with Crippen LogP contribution in [-0.2, 0) is 9.47 Å². The molecule has 1 aromatic carbocycles. The lowest BCUT2D eigenvalue weighted by atomic mass is 9.93. The lowest BCUT2D eigenvalue weighted by Crippen LogP contribution is -2.58. The van der Waals surface area contributed by atoms with Crippen LogP contribution in [0.25, 0.3) is 12.2 Å². The molecule has 0 unspecified atom stereocenters. The van der Waals surface area contributed by atoms with Gasteiger partial charge < -0.3 is 50.3 Å². The molecule has 0 spiro atoms. The summed E-state index contributed by atoms with van der Waals surface area (Å²) < 4.78 is 10.9. The van der Waals surface area contributed by atoms with Crippen LogP contribution >= 0.6 is 0 Å². The van der Waals surface area contributed by atoms with Crippen molar-refractivity contribution in [1.29, 1.82) is 0 Å². The Balaban J connectivity index is 1.51. The fraction of sp³-hybridized carbons (Fsp3) is 0.583. The lowest BCUT2D eigenvalue weighted by Gasteiger charge is -2.39. The molecule has 3 rings (SSSR count). The monoisotopic (exact) mass is 482 g/mol. The van der Waals surface area contributed by atoms with Gasteiger partial charge in [-0.15, -0.1) is 0 Å². The largest absolute Gasteiger partial charge is 0.394 e. The van der Waals surface area contributed by atoms with E-state index < -0.39 is 74.3 Å². The molecule has 1 aromatic rings. The third kappa shape index (κ3) is 6.29. The highest BCUT2D eigenvalue weighted by atomic mass is 16.5. The van der Waals surface area contributed by atoms with Gasteiger partial charge in [-0.05, 0) is 24.0 Å². The maximum atomic E-state index is 10.1. The van der Waals surface area contributed by atoms with Crippen molar-refractivity contribution < 1.29 is 50.3 Å². The van der Waals surface area contributed by atoms with E-state index in [1.54, 1.807) is 12.2 Å². The molecule has 8 N–H and O–H groups in total. The first-order valence-electron chi connectivity index (χ1n) is 11.3. The SMILES string of the molecule is OC[C@H]1O[C@H](C/C=C/c2ccc(/C=C/C[C@H]3O[C@H](CO)[C@@H](O)[C@H](O)[C@@H]3O)cc2)[C@@H](O)[C@@H](O)[C@H]1O. The van der Waals surface area contributed by atoms with Crippen LogP contribution in [0.3, 0.4) is 0 Å². The summed E-state index contributed by atoms with van der Waals surface area (Å²) in [5.41, 5.74) is 1.77. The molecule has 2 heterocycles. The Morgan fingerprint density at radius 2 is 0.853 bits per heavy atom. The van der Waals surface area contributed by atoms with E-state index in [1.807, 2.05) is 36.4 Å². The summed E-state index contributed by atoms with van der Waals surface area (Å²) >= 11 is 0. The minimum Gasteiger partial charge on any atom is -0.394 e. The van der Waals surface area contributed by atoms with Gasteiger partial charge in [-0.2, -0.15) is 0 Å². The molecule has 0 amide bonds. The van der Waals surface area contributed by atoms with Crippen molar-refractivity contribution in [1.82, 2.24) is 0 Å². The zero-order valence-corrected chi connectivity index (χ0v) is 18.6. The molecule has 2 fully saturated rings. The van der Waals surface area contributed by atoms with Crippen molar-refractivity contribution >= 4 is 12.2 Å². The van der Waals surface area contributed by atoms with Crippen molar-refractivity contribution in [2.24, 2.45) is 0 Å². The summed E-state index contributed by atoms with van der Waals surface area (Å²) in [4.78, 5) is 0. The molecule has 0 aliphatic carbocycles. The van der Waals surface area contributed by atoms with Gasteiger partial charge in [0.2, 0.25) is 0 Å². The van der Waals surface area contributed by atoms with Gasteiger partial charge in [0, 0.05) is 0 Å². The Morgan fingerprint density at radius 1 is 0.529 bits per heavy atom. The minimum absolute atomic E-state index is 0.280. The summed E-state index contributed by atoms with van der Waals surface area (Å²) in [6, 6.07) is 7.49. The first-order valence-corrected chi connectivity index (χ1v) is 11.3. The fourth-order valence-corrected chi connectivity index (χ4v) is 4.14. The normalized spacial score (nSPS) is 39.2. The third-order valence-corrected chi connectivity index (χ3v) is 6.28. The zero-order chi connectivity index (χ0) is 24.8. The number of hydrogen-bond acceptors (Lipinski definition) is 10. The zero-order valence-electron chi connectivity index (χ0n) is 18.6. The summed E-state index contributed by atoms with van der Waals surface area (Å²) in [5.74, 6) is 0. The standard InChI is InChI=1S/C24H34O10/c25-11-17-21(29)23(31)19(27)15(33-17)5-1-3-13-7-9-14(10-8-13)4-2-6-16-20(28)24(32)22(30)18(12-26)34-16/h1-4,7-10,15-32H,5-6,11-12H2/b3-1+,4-2+/t15-,16-,17-,18-,19-,20-,21-,22+,23-,24-/m1/s1. The molecule has 10 heteroatoms. The quantitative estimate of drug-likeness (QED) is 0.210. The van der Waals surface area contributed by atoms with Crippen LogP contribution in [0.1, 0.15) is 24.0 Å². The van der Waals surface area contributed by atoms with Gasteiger partial charge in [0.05, 0.1) is 25.4 Å². The van der Waals surface area contributed by atoms with Crippen molar-refractivity contribution in [2.75, 3.05) is 13.2 Å². The van der Waals surface area contributed by atoms with E-state index in [0.717, 1.165) is 11.1 Å². The Labute approximate surface area is 197 Å². The number of rotatable bonds is 8. The topological polar surface area (TPSA) is 180 Å². The Bertz CT molecular complexity index is 741. The van der Waals surface area contributed by atoms with Gasteiger partial charge in [-0.3, -0.25) is 0 Å². The van der Waals surface area contributed by atoms with Crippen molar-refractivity contribution in [3.8, 4) is 0 Å². The summed E-state index contributed by atoms with van der Waals surface area (Å²) in [5, 5.41) is 78.0. The highest BCUT2D eigenvalue weighted by Crippen LogP contribution is 2.25. The van der Waals surface area contributed by atoms with Crippen molar-refractivity contribution in [3.63, 3.8) is 0 Å². The van der Waals surface area contributed by atoms with Crippen LogP contribution in [0.4, 0.5) is 0 Å². The summed E-state index contributed by atoms with van der Waals surface area (Å²) in [6.07, 6.45) is -3.66. The van der Waals surface area contributed by atoms with Gasteiger partial charge in [-0.25, -0.2) is 0 Å². The molecule has 2 aliphatic rings. The van der Waals surface area contributed by atoms with Crippen LogP contribution in [0, 0.1) is 0 Å². The average molecular weight is 483 g/mol. The van der Waals surface area contributed by atoms with E-state index in [4.69, 9.17) is 9.47 Å². The van der Waals surface area contributed by atoms with Gasteiger partial charge in [-0.1, -0.05) is 48.6 Å². The number of benzene rings is 1. The van der Waals surface area contributed by atoms with Gasteiger partial charge in [0.1, 0.15) is 48.8 Å². The van der Waals surface area contributed by atoms with Crippen LogP contribution in [0.5, 0.6) is 0 Å². The van der Waals surface area contributed by atoms with E-state index in [-0.39, 0.29) is 12.8 Å². The second-order valence-electron chi connectivity index (χ2n) is 8.68. The van der Waals surface area contributed by atoms with Crippen LogP contribution in [0.2, 0.25) is 0 Å². The molecule has 10 nitrogen and oxygen atoms in total. The molecule has 0 bridgehead atoms. The summed E-state index contributed by atoms with van der Waals surface area (Å²) in [7, 11) is 0. The molecule has 10 atom stereocenters. The number of ether oxygens (including phenoxy) is 2. The maximum Gasteiger partial charge on any atom is 0.111 e. The van der Waals surface area contributed by atoms with Crippen LogP contribution < -0.4 is 0 Å². The molecule has 34 heavy (non-hydrogen) atoms. The van der Waals surface area contributed by atoms with E-state index >= 15 is 0 Å². The smallest absolute Gasteiger partial charge is 0.111 e. The van der Waals surface area contributed by atoms with E-state index in [9.17, 15) is 40.9 Å². The van der Waals surface area contributed by atoms with Crippen molar-refractivity contribution in [3.05, 3.63) is 47.5 Å². The lowest BCUT2D eigenvalue weighted by molar-refractivity contribution is -0.227. The Morgan fingerprint density at radius 3 is 1.18 bits per heavy atom. The molecular formula is C24H34O10. The molecule has 0 saturated carbocycles. The molecule has 2 saturated heterocycles. The number of aliphatic hydroxyl groups excluding tert-OH is 8. The first kappa shape index (κ1) is 26.9. The van der Waals surface area contributed by atoms with E-state index in [0.29, 0.717) is 0 Å². The predicted molar refractivity (Wildman–Crippen MR) is 121 cm³/mol. The molecular weight excluding hydrogens is 448 g/mol. The van der Waals surface area contributed by atoms with Crippen LogP contribution in [-0.4, -0.2) is 115 Å². The van der Waals surface area contributed by atoms with E-state index in [1.165, 1.54) is 0 Å². The third-order valence-electron chi connectivity index (χ3n) is 6.28. The molecule has 190 valence electrons. The Kier molecular flexibility index (Phi) is 9.74.